The van der Waals surface area contributed by atoms with Gasteiger partial charge in [0.25, 0.3) is 5.69 Å². The minimum atomic E-state index is -0.599. The minimum Gasteiger partial charge on any atom is -0.380 e. The van der Waals surface area contributed by atoms with E-state index < -0.39 is 10.7 Å². The molecule has 0 atom stereocenters. The number of ether oxygens (including phenoxy) is 1. The summed E-state index contributed by atoms with van der Waals surface area (Å²) in [6, 6.07) is 3.74. The maximum Gasteiger partial charge on any atom is 0.272 e. The van der Waals surface area contributed by atoms with Crippen molar-refractivity contribution in [3.63, 3.8) is 0 Å². The lowest BCUT2D eigenvalue weighted by molar-refractivity contribution is -0.385. The molecule has 0 unspecified atom stereocenters. The van der Waals surface area contributed by atoms with Gasteiger partial charge in [0.05, 0.1) is 23.3 Å². The van der Waals surface area contributed by atoms with Crippen LogP contribution in [0.5, 0.6) is 0 Å². The SMILES string of the molecule is O=[N+]([O-])c1ccc(N2CCCOCC2)c(F)c1. The lowest BCUT2D eigenvalue weighted by Crippen LogP contribution is -2.26. The summed E-state index contributed by atoms with van der Waals surface area (Å²) in [5.74, 6) is -0.555. The zero-order valence-electron chi connectivity index (χ0n) is 9.26. The fraction of sp³-hybridized carbons (Fsp3) is 0.455. The highest BCUT2D eigenvalue weighted by atomic mass is 19.1. The number of rotatable bonds is 2. The van der Waals surface area contributed by atoms with Crippen LogP contribution >= 0.6 is 0 Å². The van der Waals surface area contributed by atoms with Crippen LogP contribution in [0, 0.1) is 15.9 Å². The van der Waals surface area contributed by atoms with Gasteiger partial charge in [0.2, 0.25) is 0 Å². The zero-order valence-corrected chi connectivity index (χ0v) is 9.26. The first kappa shape index (κ1) is 11.8. The van der Waals surface area contributed by atoms with Gasteiger partial charge in [-0.25, -0.2) is 4.39 Å². The normalized spacial score (nSPS) is 16.6. The van der Waals surface area contributed by atoms with Gasteiger partial charge in [-0.15, -0.1) is 0 Å². The van der Waals surface area contributed by atoms with E-state index in [0.717, 1.165) is 12.5 Å². The second-order valence-electron chi connectivity index (χ2n) is 3.85. The second-order valence-corrected chi connectivity index (χ2v) is 3.85. The van der Waals surface area contributed by atoms with Gasteiger partial charge >= 0.3 is 0 Å². The molecule has 1 aromatic rings. The fourth-order valence-electron chi connectivity index (χ4n) is 1.85. The number of nitrogens with zero attached hydrogens (tertiary/aromatic N) is 2. The molecule has 0 aromatic heterocycles. The Labute approximate surface area is 97.9 Å². The Morgan fingerprint density at radius 3 is 2.88 bits per heavy atom. The van der Waals surface area contributed by atoms with E-state index in [-0.39, 0.29) is 5.69 Å². The highest BCUT2D eigenvalue weighted by molar-refractivity contribution is 5.52. The van der Waals surface area contributed by atoms with Crippen LogP contribution in [0.3, 0.4) is 0 Å². The van der Waals surface area contributed by atoms with Crippen molar-refractivity contribution in [1.82, 2.24) is 0 Å². The van der Waals surface area contributed by atoms with E-state index in [2.05, 4.69) is 0 Å². The summed E-state index contributed by atoms with van der Waals surface area (Å²) >= 11 is 0. The Kier molecular flexibility index (Phi) is 3.53. The van der Waals surface area contributed by atoms with E-state index in [1.165, 1.54) is 12.1 Å². The van der Waals surface area contributed by atoms with Gasteiger partial charge in [-0.1, -0.05) is 0 Å². The molecule has 0 spiro atoms. The number of halogens is 1. The first-order valence-corrected chi connectivity index (χ1v) is 5.45. The van der Waals surface area contributed by atoms with Crippen molar-refractivity contribution < 1.29 is 14.1 Å². The predicted molar refractivity (Wildman–Crippen MR) is 60.7 cm³/mol. The van der Waals surface area contributed by atoms with Crippen LogP contribution in [0.15, 0.2) is 18.2 Å². The molecule has 1 heterocycles. The molecular formula is C11H13FN2O3. The monoisotopic (exact) mass is 240 g/mol. The molecular weight excluding hydrogens is 227 g/mol. The zero-order chi connectivity index (χ0) is 12.3. The molecule has 1 aromatic carbocycles. The molecule has 92 valence electrons. The lowest BCUT2D eigenvalue weighted by atomic mass is 10.2. The minimum absolute atomic E-state index is 0.225. The quantitative estimate of drug-likeness (QED) is 0.585. The van der Waals surface area contributed by atoms with E-state index in [1.54, 1.807) is 0 Å². The van der Waals surface area contributed by atoms with Crippen LogP contribution in [0.25, 0.3) is 0 Å². The highest BCUT2D eigenvalue weighted by Crippen LogP contribution is 2.24. The predicted octanol–water partition coefficient (Wildman–Crippen LogP) is 1.96. The van der Waals surface area contributed by atoms with E-state index >= 15 is 0 Å². The topological polar surface area (TPSA) is 55.6 Å². The van der Waals surface area contributed by atoms with Crippen LogP contribution < -0.4 is 4.90 Å². The molecule has 17 heavy (non-hydrogen) atoms. The lowest BCUT2D eigenvalue weighted by Gasteiger charge is -2.22. The standard InChI is InChI=1S/C11H13FN2O3/c12-10-8-9(14(15)16)2-3-11(10)13-4-1-6-17-7-5-13/h2-3,8H,1,4-7H2. The van der Waals surface area contributed by atoms with Crippen molar-refractivity contribution >= 4 is 11.4 Å². The molecule has 1 fully saturated rings. The Balaban J connectivity index is 2.22. The number of nitro groups is 1. The number of hydrogen-bond acceptors (Lipinski definition) is 4. The molecule has 2 rings (SSSR count). The van der Waals surface area contributed by atoms with Gasteiger partial charge < -0.3 is 9.64 Å². The number of non-ortho nitro benzene ring substituents is 1. The summed E-state index contributed by atoms with van der Waals surface area (Å²) in [4.78, 5) is 11.8. The van der Waals surface area contributed by atoms with Gasteiger partial charge in [-0.2, -0.15) is 0 Å². The van der Waals surface area contributed by atoms with Crippen molar-refractivity contribution in [3.05, 3.63) is 34.1 Å². The third-order valence-electron chi connectivity index (χ3n) is 2.71. The molecule has 0 bridgehead atoms. The molecule has 5 nitrogen and oxygen atoms in total. The molecule has 1 aliphatic heterocycles. The molecule has 1 aliphatic rings. The van der Waals surface area contributed by atoms with Crippen LogP contribution in [0.2, 0.25) is 0 Å². The largest absolute Gasteiger partial charge is 0.380 e. The molecule has 6 heteroatoms. The Morgan fingerprint density at radius 1 is 1.35 bits per heavy atom. The Hall–Kier alpha value is -1.69. The summed E-state index contributed by atoms with van der Waals surface area (Å²) in [6.45, 7) is 2.53. The van der Waals surface area contributed by atoms with Crippen molar-refractivity contribution in [2.75, 3.05) is 31.2 Å². The van der Waals surface area contributed by atoms with Crippen LogP contribution in [0.1, 0.15) is 6.42 Å². The van der Waals surface area contributed by atoms with Crippen molar-refractivity contribution in [2.45, 2.75) is 6.42 Å². The van der Waals surface area contributed by atoms with Crippen LogP contribution in [-0.4, -0.2) is 31.2 Å². The van der Waals surface area contributed by atoms with Crippen molar-refractivity contribution in [2.24, 2.45) is 0 Å². The van der Waals surface area contributed by atoms with Crippen molar-refractivity contribution in [1.29, 1.82) is 0 Å². The van der Waals surface area contributed by atoms with Crippen molar-refractivity contribution in [3.8, 4) is 0 Å². The average molecular weight is 240 g/mol. The molecule has 1 saturated heterocycles. The van der Waals surface area contributed by atoms with E-state index in [9.17, 15) is 14.5 Å². The number of anilines is 1. The molecule has 0 N–H and O–H groups in total. The van der Waals surface area contributed by atoms with Crippen LogP contribution in [-0.2, 0) is 4.74 Å². The first-order valence-electron chi connectivity index (χ1n) is 5.45. The maximum atomic E-state index is 13.7. The maximum absolute atomic E-state index is 13.7. The summed E-state index contributed by atoms with van der Waals surface area (Å²) in [5, 5.41) is 10.5. The van der Waals surface area contributed by atoms with Gasteiger partial charge in [-0.05, 0) is 12.5 Å². The Morgan fingerprint density at radius 2 is 2.18 bits per heavy atom. The smallest absolute Gasteiger partial charge is 0.272 e. The summed E-state index contributed by atoms with van der Waals surface area (Å²) < 4.78 is 19.0. The van der Waals surface area contributed by atoms with Gasteiger partial charge in [-0.3, -0.25) is 10.1 Å². The summed E-state index contributed by atoms with van der Waals surface area (Å²) in [7, 11) is 0. The van der Waals surface area contributed by atoms with Crippen LogP contribution in [0.4, 0.5) is 15.8 Å². The Bertz CT molecular complexity index is 417. The number of nitro benzene ring substituents is 1. The molecule has 0 amide bonds. The summed E-state index contributed by atoms with van der Waals surface area (Å²) in [6.07, 6.45) is 0.830. The van der Waals surface area contributed by atoms with Gasteiger partial charge in [0.15, 0.2) is 5.82 Å². The molecule has 0 aliphatic carbocycles. The van der Waals surface area contributed by atoms with Gasteiger partial charge in [0.1, 0.15) is 0 Å². The van der Waals surface area contributed by atoms with E-state index in [4.69, 9.17) is 4.74 Å². The third-order valence-corrected chi connectivity index (χ3v) is 2.71. The number of benzene rings is 1. The van der Waals surface area contributed by atoms with E-state index in [1.807, 2.05) is 4.90 Å². The summed E-state index contributed by atoms with van der Waals surface area (Å²) in [5.41, 5.74) is 0.179. The second kappa shape index (κ2) is 5.09. The highest BCUT2D eigenvalue weighted by Gasteiger charge is 2.16. The number of hydrogen-bond donors (Lipinski definition) is 0. The molecule has 0 radical (unpaired) electrons. The fourth-order valence-corrected chi connectivity index (χ4v) is 1.85. The van der Waals surface area contributed by atoms with E-state index in [0.29, 0.717) is 32.0 Å². The van der Waals surface area contributed by atoms with Gasteiger partial charge in [0, 0.05) is 25.8 Å². The third kappa shape index (κ3) is 2.71. The average Bonchev–Trinajstić information content (AvgIpc) is 2.57. The molecule has 0 saturated carbocycles. The first-order chi connectivity index (χ1) is 8.18.